The summed E-state index contributed by atoms with van der Waals surface area (Å²) in [5.74, 6) is 2.07. The highest BCUT2D eigenvalue weighted by Crippen LogP contribution is 2.29. The van der Waals surface area contributed by atoms with Crippen LogP contribution in [0, 0.1) is 5.92 Å². The zero-order valence-electron chi connectivity index (χ0n) is 13.7. The first-order chi connectivity index (χ1) is 10.7. The zero-order valence-corrected chi connectivity index (χ0v) is 13.7. The first kappa shape index (κ1) is 14.2. The molecule has 3 aliphatic heterocycles. The van der Waals surface area contributed by atoms with Gasteiger partial charge in [0.25, 0.3) is 0 Å². The van der Waals surface area contributed by atoms with E-state index >= 15 is 0 Å². The Morgan fingerprint density at radius 2 is 2.00 bits per heavy atom. The maximum atomic E-state index is 4.92. The van der Waals surface area contributed by atoms with Crippen molar-refractivity contribution >= 4 is 11.0 Å². The van der Waals surface area contributed by atoms with Crippen molar-refractivity contribution in [2.45, 2.75) is 38.9 Å². The molecule has 4 heteroatoms. The van der Waals surface area contributed by atoms with Crippen molar-refractivity contribution in [1.82, 2.24) is 19.4 Å². The van der Waals surface area contributed by atoms with Gasteiger partial charge >= 0.3 is 0 Å². The van der Waals surface area contributed by atoms with Crippen LogP contribution in [0.2, 0.25) is 0 Å². The summed E-state index contributed by atoms with van der Waals surface area (Å²) in [4.78, 5) is 10.1. The van der Waals surface area contributed by atoms with Gasteiger partial charge in [-0.05, 0) is 44.9 Å². The minimum Gasteiger partial charge on any atom is -0.327 e. The second-order valence-corrected chi connectivity index (χ2v) is 7.01. The van der Waals surface area contributed by atoms with E-state index in [0.717, 1.165) is 24.5 Å². The molecule has 0 aliphatic carbocycles. The minimum atomic E-state index is 0.703. The molecule has 0 N–H and O–H groups in total. The van der Waals surface area contributed by atoms with E-state index < -0.39 is 0 Å². The maximum absolute atomic E-state index is 4.92. The topological polar surface area (TPSA) is 24.3 Å². The summed E-state index contributed by atoms with van der Waals surface area (Å²) < 4.78 is 2.39. The Bertz CT molecular complexity index is 662. The van der Waals surface area contributed by atoms with Crippen LogP contribution in [-0.4, -0.2) is 52.1 Å². The molecule has 1 aromatic heterocycles. The molecule has 2 bridgehead atoms. The number of piperidine rings is 1. The quantitative estimate of drug-likeness (QED) is 0.870. The molecule has 2 atom stereocenters. The Labute approximate surface area is 132 Å². The fraction of sp³-hybridized carbons (Fsp3) is 0.611. The van der Waals surface area contributed by atoms with E-state index in [-0.39, 0.29) is 0 Å². The van der Waals surface area contributed by atoms with E-state index in [2.05, 4.69) is 52.6 Å². The SMILES string of the molecule is CCn1c(CN2C[C@H]3CC[C@@H]2CN(C)C3)nc2ccccc21. The van der Waals surface area contributed by atoms with Crippen LogP contribution in [0.1, 0.15) is 25.6 Å². The van der Waals surface area contributed by atoms with Gasteiger partial charge in [-0.15, -0.1) is 0 Å². The molecule has 0 spiro atoms. The fourth-order valence-electron chi connectivity index (χ4n) is 4.39. The average Bonchev–Trinajstić information content (AvgIpc) is 2.65. The van der Waals surface area contributed by atoms with Gasteiger partial charge < -0.3 is 9.47 Å². The molecule has 0 unspecified atom stereocenters. The lowest BCUT2D eigenvalue weighted by Crippen LogP contribution is -2.43. The smallest absolute Gasteiger partial charge is 0.124 e. The normalized spacial score (nSPS) is 26.6. The summed E-state index contributed by atoms with van der Waals surface area (Å²) in [6.07, 6.45) is 2.75. The van der Waals surface area contributed by atoms with Crippen LogP contribution in [-0.2, 0) is 13.1 Å². The predicted octanol–water partition coefficient (Wildman–Crippen LogP) is 2.58. The minimum absolute atomic E-state index is 0.703. The second kappa shape index (κ2) is 5.67. The van der Waals surface area contributed by atoms with Gasteiger partial charge in [0, 0.05) is 32.2 Å². The third-order valence-electron chi connectivity index (χ3n) is 5.40. The number of likely N-dealkylation sites (N-methyl/N-ethyl adjacent to an activating group) is 1. The Balaban J connectivity index is 1.63. The number of rotatable bonds is 3. The lowest BCUT2D eigenvalue weighted by atomic mass is 9.95. The average molecular weight is 298 g/mol. The largest absolute Gasteiger partial charge is 0.327 e. The van der Waals surface area contributed by atoms with E-state index in [9.17, 15) is 0 Å². The molecule has 5 rings (SSSR count). The molecule has 22 heavy (non-hydrogen) atoms. The first-order valence-corrected chi connectivity index (χ1v) is 8.61. The molecular weight excluding hydrogens is 272 g/mol. The molecule has 1 aromatic carbocycles. The van der Waals surface area contributed by atoms with Gasteiger partial charge in [-0.2, -0.15) is 0 Å². The van der Waals surface area contributed by atoms with Crippen molar-refractivity contribution in [2.75, 3.05) is 26.7 Å². The first-order valence-electron chi connectivity index (χ1n) is 8.61. The van der Waals surface area contributed by atoms with Crippen LogP contribution < -0.4 is 0 Å². The van der Waals surface area contributed by atoms with Crippen LogP contribution in [0.15, 0.2) is 24.3 Å². The van der Waals surface area contributed by atoms with E-state index in [4.69, 9.17) is 4.98 Å². The van der Waals surface area contributed by atoms with Gasteiger partial charge in [-0.1, -0.05) is 12.1 Å². The number of hydrogen-bond acceptors (Lipinski definition) is 3. The highest BCUT2D eigenvalue weighted by atomic mass is 15.3. The number of para-hydroxylation sites is 2. The van der Waals surface area contributed by atoms with Crippen molar-refractivity contribution in [3.8, 4) is 0 Å². The molecule has 118 valence electrons. The Kier molecular flexibility index (Phi) is 3.66. The van der Waals surface area contributed by atoms with Gasteiger partial charge in [0.05, 0.1) is 17.6 Å². The molecule has 0 amide bonds. The van der Waals surface area contributed by atoms with Gasteiger partial charge in [-0.3, -0.25) is 4.90 Å². The summed E-state index contributed by atoms with van der Waals surface area (Å²) >= 11 is 0. The zero-order chi connectivity index (χ0) is 15.1. The maximum Gasteiger partial charge on any atom is 0.124 e. The highest BCUT2D eigenvalue weighted by Gasteiger charge is 2.34. The number of aryl methyl sites for hydroxylation is 1. The summed E-state index contributed by atoms with van der Waals surface area (Å²) in [6, 6.07) is 9.23. The summed E-state index contributed by atoms with van der Waals surface area (Å²) in [6.45, 7) is 7.93. The summed E-state index contributed by atoms with van der Waals surface area (Å²) in [5.41, 5.74) is 2.41. The van der Waals surface area contributed by atoms with Crippen LogP contribution in [0.5, 0.6) is 0 Å². The number of nitrogens with zero attached hydrogens (tertiary/aromatic N) is 4. The standard InChI is InChI=1S/C18H26N4/c1-3-22-17-7-5-4-6-16(17)19-18(22)13-21-11-14-8-9-15(21)12-20(2)10-14/h4-7,14-15H,3,8-13H2,1-2H3/t14-,15+/m0/s1. The molecular formula is C18H26N4. The van der Waals surface area contributed by atoms with Gasteiger partial charge in [0.1, 0.15) is 5.82 Å². The fourth-order valence-corrected chi connectivity index (χ4v) is 4.39. The van der Waals surface area contributed by atoms with E-state index in [1.807, 2.05) is 0 Å². The van der Waals surface area contributed by atoms with Crippen LogP contribution in [0.4, 0.5) is 0 Å². The second-order valence-electron chi connectivity index (χ2n) is 7.01. The van der Waals surface area contributed by atoms with Gasteiger partial charge in [0.15, 0.2) is 0 Å². The van der Waals surface area contributed by atoms with Gasteiger partial charge in [-0.25, -0.2) is 4.98 Å². The summed E-state index contributed by atoms with van der Waals surface area (Å²) in [7, 11) is 2.27. The van der Waals surface area contributed by atoms with E-state index in [1.54, 1.807) is 0 Å². The van der Waals surface area contributed by atoms with Crippen molar-refractivity contribution in [2.24, 2.45) is 5.92 Å². The Morgan fingerprint density at radius 3 is 2.86 bits per heavy atom. The molecule has 3 fully saturated rings. The van der Waals surface area contributed by atoms with Crippen LogP contribution in [0.3, 0.4) is 0 Å². The Morgan fingerprint density at radius 1 is 1.14 bits per heavy atom. The van der Waals surface area contributed by atoms with E-state index in [0.29, 0.717) is 6.04 Å². The van der Waals surface area contributed by atoms with Crippen LogP contribution >= 0.6 is 0 Å². The van der Waals surface area contributed by atoms with Gasteiger partial charge in [0.2, 0.25) is 0 Å². The number of benzene rings is 1. The Hall–Kier alpha value is -1.39. The lowest BCUT2D eigenvalue weighted by molar-refractivity contribution is 0.120. The predicted molar refractivity (Wildman–Crippen MR) is 89.8 cm³/mol. The molecule has 0 saturated carbocycles. The number of fused-ring (bicyclic) bond motifs is 5. The van der Waals surface area contributed by atoms with Crippen molar-refractivity contribution in [3.05, 3.63) is 30.1 Å². The molecule has 2 aromatic rings. The number of aromatic nitrogens is 2. The number of hydrogen-bond donors (Lipinski definition) is 0. The lowest BCUT2D eigenvalue weighted by Gasteiger charge is -2.35. The third-order valence-corrected chi connectivity index (χ3v) is 5.40. The van der Waals surface area contributed by atoms with Crippen molar-refractivity contribution < 1.29 is 0 Å². The third kappa shape index (κ3) is 2.44. The molecule has 4 heterocycles. The molecule has 4 nitrogen and oxygen atoms in total. The molecule has 3 aliphatic rings. The van der Waals surface area contributed by atoms with Crippen molar-refractivity contribution in [3.63, 3.8) is 0 Å². The van der Waals surface area contributed by atoms with E-state index in [1.165, 1.54) is 43.8 Å². The molecule has 0 radical (unpaired) electrons. The summed E-state index contributed by atoms with van der Waals surface area (Å²) in [5, 5.41) is 0. The molecule has 3 saturated heterocycles. The monoisotopic (exact) mass is 298 g/mol. The van der Waals surface area contributed by atoms with Crippen molar-refractivity contribution in [1.29, 1.82) is 0 Å². The van der Waals surface area contributed by atoms with Crippen LogP contribution in [0.25, 0.3) is 11.0 Å². The highest BCUT2D eigenvalue weighted by molar-refractivity contribution is 5.75. The number of imidazole rings is 1.